The fraction of sp³-hybridized carbons (Fsp3) is 0.231. The van der Waals surface area contributed by atoms with Crippen LogP contribution < -0.4 is 16.0 Å². The highest BCUT2D eigenvalue weighted by molar-refractivity contribution is 9.12. The largest absolute Gasteiger partial charge is 0.496 e. The van der Waals surface area contributed by atoms with Gasteiger partial charge in [0.25, 0.3) is 0 Å². The Bertz CT molecular complexity index is 606. The highest BCUT2D eigenvalue weighted by Crippen LogP contribution is 2.37. The Kier molecular flexibility index (Phi) is 5.89. The van der Waals surface area contributed by atoms with Gasteiger partial charge in [0.05, 0.1) is 20.7 Å². The number of ether oxygens (including phenoxy) is 1. The minimum atomic E-state index is -0.0284. The van der Waals surface area contributed by atoms with Gasteiger partial charge in [-0.15, -0.1) is 11.3 Å². The highest BCUT2D eigenvalue weighted by Gasteiger charge is 2.18. The normalized spacial score (nSPS) is 12.4. The molecule has 0 aliphatic carbocycles. The quantitative estimate of drug-likeness (QED) is 0.524. The Morgan fingerprint density at radius 2 is 2.15 bits per heavy atom. The number of rotatable bonds is 5. The molecule has 0 fully saturated rings. The third-order valence-corrected chi connectivity index (χ3v) is 5.55. The number of thiophene rings is 1. The maximum absolute atomic E-state index is 6.06. The fourth-order valence-corrected chi connectivity index (χ4v) is 5.14. The lowest BCUT2D eigenvalue weighted by Gasteiger charge is -2.17. The van der Waals surface area contributed by atoms with Gasteiger partial charge in [-0.2, -0.15) is 0 Å². The standard InChI is InChI=1S/C13H13Br2ClN2OS/c1-19-11-3-2-8(16)4-7(11)5-10(18-17)9-6-12(14)20-13(9)15/h2-4,6,10,18H,5,17H2,1H3. The van der Waals surface area contributed by atoms with Gasteiger partial charge in [-0.3, -0.25) is 11.3 Å². The van der Waals surface area contributed by atoms with E-state index in [1.54, 1.807) is 18.4 Å². The zero-order valence-corrected chi connectivity index (χ0v) is 15.4. The van der Waals surface area contributed by atoms with Crippen molar-refractivity contribution in [2.75, 3.05) is 7.11 Å². The van der Waals surface area contributed by atoms with Gasteiger partial charge in [-0.25, -0.2) is 0 Å². The van der Waals surface area contributed by atoms with E-state index in [1.807, 2.05) is 18.2 Å². The van der Waals surface area contributed by atoms with Crippen molar-refractivity contribution in [3.05, 3.63) is 48.0 Å². The van der Waals surface area contributed by atoms with Gasteiger partial charge in [-0.05, 0) is 73.7 Å². The van der Waals surface area contributed by atoms with E-state index >= 15 is 0 Å². The first-order valence-corrected chi connectivity index (χ1v) is 8.56. The van der Waals surface area contributed by atoms with E-state index in [4.69, 9.17) is 22.2 Å². The van der Waals surface area contributed by atoms with Crippen LogP contribution in [0.5, 0.6) is 5.75 Å². The number of hydrazine groups is 1. The van der Waals surface area contributed by atoms with Crippen molar-refractivity contribution in [1.29, 1.82) is 0 Å². The van der Waals surface area contributed by atoms with Crippen molar-refractivity contribution in [2.45, 2.75) is 12.5 Å². The Morgan fingerprint density at radius 1 is 1.40 bits per heavy atom. The summed E-state index contributed by atoms with van der Waals surface area (Å²) in [5.41, 5.74) is 4.96. The third-order valence-electron chi connectivity index (χ3n) is 2.93. The van der Waals surface area contributed by atoms with E-state index in [-0.39, 0.29) is 6.04 Å². The molecule has 0 bridgehead atoms. The number of hydrogen-bond donors (Lipinski definition) is 2. The van der Waals surface area contributed by atoms with Gasteiger partial charge >= 0.3 is 0 Å². The van der Waals surface area contributed by atoms with Crippen LogP contribution in [0, 0.1) is 0 Å². The maximum atomic E-state index is 6.06. The van der Waals surface area contributed by atoms with Crippen molar-refractivity contribution >= 4 is 54.8 Å². The number of methoxy groups -OCH3 is 1. The molecule has 20 heavy (non-hydrogen) atoms. The Balaban J connectivity index is 2.31. The summed E-state index contributed by atoms with van der Waals surface area (Å²) in [4.78, 5) is 0. The molecule has 2 rings (SSSR count). The molecule has 1 aromatic carbocycles. The van der Waals surface area contributed by atoms with Crippen LogP contribution in [-0.4, -0.2) is 7.11 Å². The number of benzene rings is 1. The molecular weight excluding hydrogens is 427 g/mol. The van der Waals surface area contributed by atoms with Gasteiger partial charge in [0.1, 0.15) is 5.75 Å². The summed E-state index contributed by atoms with van der Waals surface area (Å²) < 4.78 is 7.47. The van der Waals surface area contributed by atoms with Crippen LogP contribution in [0.4, 0.5) is 0 Å². The van der Waals surface area contributed by atoms with Crippen molar-refractivity contribution in [1.82, 2.24) is 5.43 Å². The summed E-state index contributed by atoms with van der Waals surface area (Å²) >= 11 is 14.7. The lowest BCUT2D eigenvalue weighted by Crippen LogP contribution is -2.29. The predicted octanol–water partition coefficient (Wildman–Crippen LogP) is 4.68. The molecule has 3 N–H and O–H groups in total. The molecule has 0 spiro atoms. The van der Waals surface area contributed by atoms with Crippen molar-refractivity contribution in [2.24, 2.45) is 5.84 Å². The summed E-state index contributed by atoms with van der Waals surface area (Å²) in [6.45, 7) is 0. The molecular formula is C13H13Br2ClN2OS. The monoisotopic (exact) mass is 438 g/mol. The molecule has 0 saturated heterocycles. The molecule has 108 valence electrons. The predicted molar refractivity (Wildman–Crippen MR) is 91.5 cm³/mol. The Morgan fingerprint density at radius 3 is 2.70 bits per heavy atom. The molecule has 0 aliphatic heterocycles. The van der Waals surface area contributed by atoms with Crippen molar-refractivity contribution in [3.8, 4) is 5.75 Å². The molecule has 1 atom stereocenters. The number of halogens is 3. The molecule has 1 unspecified atom stereocenters. The number of nitrogens with one attached hydrogen (secondary N) is 1. The van der Waals surface area contributed by atoms with E-state index in [2.05, 4.69) is 43.4 Å². The van der Waals surface area contributed by atoms with E-state index < -0.39 is 0 Å². The molecule has 0 radical (unpaired) electrons. The van der Waals surface area contributed by atoms with Crippen LogP contribution in [-0.2, 0) is 6.42 Å². The third kappa shape index (κ3) is 3.75. The lowest BCUT2D eigenvalue weighted by molar-refractivity contribution is 0.405. The van der Waals surface area contributed by atoms with Crippen LogP contribution in [0.2, 0.25) is 5.02 Å². The topological polar surface area (TPSA) is 47.3 Å². The van der Waals surface area contributed by atoms with Gasteiger partial charge < -0.3 is 4.74 Å². The highest BCUT2D eigenvalue weighted by atomic mass is 79.9. The van der Waals surface area contributed by atoms with E-state index in [1.165, 1.54) is 0 Å². The van der Waals surface area contributed by atoms with E-state index in [0.29, 0.717) is 11.4 Å². The fourth-order valence-electron chi connectivity index (χ4n) is 1.98. The Hall–Kier alpha value is -0.110. The average Bonchev–Trinajstić information content (AvgIpc) is 2.75. The van der Waals surface area contributed by atoms with Gasteiger partial charge in [-0.1, -0.05) is 11.6 Å². The van der Waals surface area contributed by atoms with Crippen LogP contribution >= 0.6 is 54.8 Å². The Labute approximate surface area is 143 Å². The molecule has 2 aromatic rings. The first kappa shape index (κ1) is 16.3. The zero-order valence-electron chi connectivity index (χ0n) is 10.6. The van der Waals surface area contributed by atoms with Crippen LogP contribution in [0.15, 0.2) is 31.8 Å². The van der Waals surface area contributed by atoms with Gasteiger partial charge in [0.15, 0.2) is 0 Å². The second-order valence-electron chi connectivity index (χ2n) is 4.16. The summed E-state index contributed by atoms with van der Waals surface area (Å²) in [5.74, 6) is 6.51. The van der Waals surface area contributed by atoms with Crippen LogP contribution in [0.3, 0.4) is 0 Å². The molecule has 3 nitrogen and oxygen atoms in total. The van der Waals surface area contributed by atoms with E-state index in [9.17, 15) is 0 Å². The summed E-state index contributed by atoms with van der Waals surface area (Å²) in [6.07, 6.45) is 0.683. The van der Waals surface area contributed by atoms with Crippen molar-refractivity contribution < 1.29 is 4.74 Å². The first-order valence-electron chi connectivity index (χ1n) is 5.78. The van der Waals surface area contributed by atoms with Gasteiger partial charge in [0.2, 0.25) is 0 Å². The number of hydrogen-bond acceptors (Lipinski definition) is 4. The molecule has 1 heterocycles. The molecule has 0 aliphatic rings. The summed E-state index contributed by atoms with van der Waals surface area (Å²) in [7, 11) is 1.65. The summed E-state index contributed by atoms with van der Waals surface area (Å²) in [5, 5.41) is 0.683. The minimum Gasteiger partial charge on any atom is -0.496 e. The van der Waals surface area contributed by atoms with Crippen molar-refractivity contribution in [3.63, 3.8) is 0 Å². The molecule has 0 amide bonds. The van der Waals surface area contributed by atoms with Crippen LogP contribution in [0.25, 0.3) is 0 Å². The second kappa shape index (κ2) is 7.24. The number of nitrogens with two attached hydrogens (primary N) is 1. The SMILES string of the molecule is COc1ccc(Cl)cc1CC(NN)c1cc(Br)sc1Br. The maximum Gasteiger partial charge on any atom is 0.122 e. The molecule has 0 saturated carbocycles. The second-order valence-corrected chi connectivity index (χ2v) is 8.34. The lowest BCUT2D eigenvalue weighted by atomic mass is 10.0. The molecule has 7 heteroatoms. The smallest absolute Gasteiger partial charge is 0.122 e. The van der Waals surface area contributed by atoms with Gasteiger partial charge in [0, 0.05) is 5.02 Å². The first-order chi connectivity index (χ1) is 9.55. The average molecular weight is 441 g/mol. The van der Waals surface area contributed by atoms with E-state index in [0.717, 1.165) is 24.4 Å². The van der Waals surface area contributed by atoms with Crippen LogP contribution in [0.1, 0.15) is 17.2 Å². The summed E-state index contributed by atoms with van der Waals surface area (Å²) in [6, 6.07) is 7.60. The minimum absolute atomic E-state index is 0.0284. The molecule has 1 aromatic heterocycles. The zero-order chi connectivity index (χ0) is 14.7.